The molecule has 1 aliphatic rings. The highest BCUT2D eigenvalue weighted by atomic mass is 16.5. The average molecular weight is 292 g/mol. The third kappa shape index (κ3) is 4.07. The summed E-state index contributed by atoms with van der Waals surface area (Å²) >= 11 is 0. The van der Waals surface area contributed by atoms with Gasteiger partial charge in [-0.2, -0.15) is 0 Å². The van der Waals surface area contributed by atoms with Crippen molar-refractivity contribution in [3.05, 3.63) is 12.3 Å². The third-order valence-electron chi connectivity index (χ3n) is 3.74. The molecular formula is C15H24N4O2. The van der Waals surface area contributed by atoms with Gasteiger partial charge in [0.15, 0.2) is 0 Å². The molecule has 0 radical (unpaired) electrons. The van der Waals surface area contributed by atoms with Crippen molar-refractivity contribution >= 4 is 17.3 Å². The monoisotopic (exact) mass is 292 g/mol. The number of anilines is 2. The molecule has 0 atom stereocenters. The zero-order valence-corrected chi connectivity index (χ0v) is 13.0. The van der Waals surface area contributed by atoms with Gasteiger partial charge >= 0.3 is 0 Å². The van der Waals surface area contributed by atoms with Crippen LogP contribution >= 0.6 is 0 Å². The average Bonchev–Trinajstić information content (AvgIpc) is 2.98. The number of nitrogens with zero attached hydrogens (tertiary/aromatic N) is 2. The molecule has 21 heavy (non-hydrogen) atoms. The summed E-state index contributed by atoms with van der Waals surface area (Å²) < 4.78 is 5.24. The summed E-state index contributed by atoms with van der Waals surface area (Å²) in [5.74, 6) is 0.353. The maximum absolute atomic E-state index is 12.1. The molecule has 1 amide bonds. The molecular weight excluding hydrogens is 268 g/mol. The van der Waals surface area contributed by atoms with Crippen molar-refractivity contribution in [1.29, 1.82) is 0 Å². The third-order valence-corrected chi connectivity index (χ3v) is 3.74. The summed E-state index contributed by atoms with van der Waals surface area (Å²) in [6.45, 7) is 0.315. The van der Waals surface area contributed by atoms with Crippen LogP contribution in [0, 0.1) is 0 Å². The molecule has 1 aliphatic carbocycles. The number of amides is 1. The quantitative estimate of drug-likeness (QED) is 0.834. The van der Waals surface area contributed by atoms with Crippen molar-refractivity contribution in [3.63, 3.8) is 0 Å². The van der Waals surface area contributed by atoms with Gasteiger partial charge in [-0.05, 0) is 18.9 Å². The first-order valence-corrected chi connectivity index (χ1v) is 7.35. The van der Waals surface area contributed by atoms with Crippen LogP contribution < -0.4 is 20.3 Å². The number of ether oxygens (including phenoxy) is 1. The number of nitrogens with one attached hydrogen (secondary N) is 2. The van der Waals surface area contributed by atoms with Gasteiger partial charge in [-0.3, -0.25) is 4.79 Å². The number of aromatic nitrogens is 1. The van der Waals surface area contributed by atoms with E-state index in [9.17, 15) is 4.79 Å². The molecule has 2 rings (SSSR count). The molecule has 1 fully saturated rings. The second-order valence-electron chi connectivity index (χ2n) is 5.52. The summed E-state index contributed by atoms with van der Waals surface area (Å²) in [5, 5.41) is 6.21. The zero-order valence-electron chi connectivity index (χ0n) is 13.0. The minimum absolute atomic E-state index is 0.0729. The molecule has 1 aromatic rings. The van der Waals surface area contributed by atoms with Crippen LogP contribution in [0.25, 0.3) is 0 Å². The lowest BCUT2D eigenvalue weighted by molar-refractivity contribution is -0.115. The number of methoxy groups -OCH3 is 1. The van der Waals surface area contributed by atoms with E-state index in [1.54, 1.807) is 13.3 Å². The first-order chi connectivity index (χ1) is 10.1. The summed E-state index contributed by atoms with van der Waals surface area (Å²) in [5.41, 5.74) is 1.49. The zero-order chi connectivity index (χ0) is 15.2. The van der Waals surface area contributed by atoms with Gasteiger partial charge < -0.3 is 20.3 Å². The Morgan fingerprint density at radius 3 is 2.76 bits per heavy atom. The molecule has 2 N–H and O–H groups in total. The van der Waals surface area contributed by atoms with Crippen molar-refractivity contribution in [2.45, 2.75) is 31.7 Å². The topological polar surface area (TPSA) is 66.5 Å². The fraction of sp³-hybridized carbons (Fsp3) is 0.600. The van der Waals surface area contributed by atoms with Crippen LogP contribution in [0.4, 0.5) is 11.4 Å². The van der Waals surface area contributed by atoms with E-state index in [0.717, 1.165) is 18.5 Å². The number of rotatable bonds is 6. The standard InChI is InChI=1S/C15H24N4O2/c1-19(2)12-8-9-16-15(21-3)14(12)18-13(20)10-17-11-6-4-5-7-11/h8-9,11,17H,4-7,10H2,1-3H3,(H,18,20). The van der Waals surface area contributed by atoms with Crippen molar-refractivity contribution in [2.24, 2.45) is 0 Å². The highest BCUT2D eigenvalue weighted by Crippen LogP contribution is 2.31. The molecule has 0 spiro atoms. The lowest BCUT2D eigenvalue weighted by atomic mass is 10.2. The maximum Gasteiger partial charge on any atom is 0.239 e. The number of hydrogen-bond donors (Lipinski definition) is 2. The van der Waals surface area contributed by atoms with Crippen LogP contribution in [0.15, 0.2) is 12.3 Å². The summed E-state index contributed by atoms with van der Waals surface area (Å²) in [7, 11) is 5.39. The minimum Gasteiger partial charge on any atom is -0.479 e. The molecule has 6 nitrogen and oxygen atoms in total. The van der Waals surface area contributed by atoms with E-state index in [-0.39, 0.29) is 5.91 Å². The molecule has 1 saturated carbocycles. The van der Waals surface area contributed by atoms with E-state index in [1.165, 1.54) is 12.8 Å². The number of hydrogen-bond acceptors (Lipinski definition) is 5. The van der Waals surface area contributed by atoms with E-state index >= 15 is 0 Å². The predicted molar refractivity (Wildman–Crippen MR) is 84.0 cm³/mol. The van der Waals surface area contributed by atoms with Gasteiger partial charge in [0.1, 0.15) is 5.69 Å². The molecule has 0 saturated heterocycles. The fourth-order valence-electron chi connectivity index (χ4n) is 2.63. The van der Waals surface area contributed by atoms with Gasteiger partial charge in [0.25, 0.3) is 0 Å². The van der Waals surface area contributed by atoms with Crippen molar-refractivity contribution in [1.82, 2.24) is 10.3 Å². The van der Waals surface area contributed by atoms with Gasteiger partial charge in [0, 0.05) is 26.3 Å². The van der Waals surface area contributed by atoms with Gasteiger partial charge in [-0.25, -0.2) is 4.98 Å². The normalized spacial score (nSPS) is 15.0. The minimum atomic E-state index is -0.0729. The summed E-state index contributed by atoms with van der Waals surface area (Å²) in [6, 6.07) is 2.32. The van der Waals surface area contributed by atoms with Gasteiger partial charge in [0.2, 0.25) is 11.8 Å². The number of carbonyl (C=O) groups is 1. The predicted octanol–water partition coefficient (Wildman–Crippen LogP) is 1.63. The lowest BCUT2D eigenvalue weighted by Gasteiger charge is -2.20. The van der Waals surface area contributed by atoms with E-state index in [4.69, 9.17) is 4.74 Å². The molecule has 1 aromatic heterocycles. The van der Waals surface area contributed by atoms with E-state index < -0.39 is 0 Å². The van der Waals surface area contributed by atoms with Crippen molar-refractivity contribution < 1.29 is 9.53 Å². The Morgan fingerprint density at radius 1 is 1.43 bits per heavy atom. The van der Waals surface area contributed by atoms with E-state index in [0.29, 0.717) is 24.2 Å². The smallest absolute Gasteiger partial charge is 0.239 e. The molecule has 0 aromatic carbocycles. The highest BCUT2D eigenvalue weighted by Gasteiger charge is 2.18. The van der Waals surface area contributed by atoms with Gasteiger partial charge in [0.05, 0.1) is 19.3 Å². The van der Waals surface area contributed by atoms with Crippen LogP contribution in [-0.2, 0) is 4.79 Å². The lowest BCUT2D eigenvalue weighted by Crippen LogP contribution is -2.34. The second-order valence-corrected chi connectivity index (χ2v) is 5.52. The van der Waals surface area contributed by atoms with E-state index in [1.807, 2.05) is 25.1 Å². The van der Waals surface area contributed by atoms with Crippen molar-refractivity contribution in [2.75, 3.05) is 38.0 Å². The Balaban J connectivity index is 2.01. The Morgan fingerprint density at radius 2 is 2.14 bits per heavy atom. The Bertz CT molecular complexity index is 485. The Labute approximate surface area is 125 Å². The van der Waals surface area contributed by atoms with Crippen LogP contribution in [-0.4, -0.2) is 44.7 Å². The van der Waals surface area contributed by atoms with Crippen LogP contribution in [0.5, 0.6) is 5.88 Å². The Kier molecular flexibility index (Phi) is 5.38. The summed E-state index contributed by atoms with van der Waals surface area (Å²) in [4.78, 5) is 18.2. The first-order valence-electron chi connectivity index (χ1n) is 7.35. The SMILES string of the molecule is COc1nccc(N(C)C)c1NC(=O)CNC1CCCC1. The molecule has 1 heterocycles. The molecule has 0 unspecified atom stereocenters. The van der Waals surface area contributed by atoms with Crippen LogP contribution in [0.2, 0.25) is 0 Å². The highest BCUT2D eigenvalue weighted by molar-refractivity contribution is 5.97. The fourth-order valence-corrected chi connectivity index (χ4v) is 2.63. The van der Waals surface area contributed by atoms with Gasteiger partial charge in [-0.1, -0.05) is 12.8 Å². The number of carbonyl (C=O) groups excluding carboxylic acids is 1. The number of pyridine rings is 1. The van der Waals surface area contributed by atoms with Crippen LogP contribution in [0.1, 0.15) is 25.7 Å². The van der Waals surface area contributed by atoms with Gasteiger partial charge in [-0.15, -0.1) is 0 Å². The molecule has 116 valence electrons. The molecule has 6 heteroatoms. The van der Waals surface area contributed by atoms with Crippen molar-refractivity contribution in [3.8, 4) is 5.88 Å². The summed E-state index contributed by atoms with van der Waals surface area (Å²) in [6.07, 6.45) is 6.49. The first kappa shape index (κ1) is 15.6. The van der Waals surface area contributed by atoms with E-state index in [2.05, 4.69) is 15.6 Å². The molecule has 0 bridgehead atoms. The Hall–Kier alpha value is -1.82. The second kappa shape index (κ2) is 7.26. The molecule has 0 aliphatic heterocycles. The largest absolute Gasteiger partial charge is 0.479 e. The van der Waals surface area contributed by atoms with Crippen LogP contribution in [0.3, 0.4) is 0 Å². The maximum atomic E-state index is 12.1.